The molecule has 0 spiro atoms. The summed E-state index contributed by atoms with van der Waals surface area (Å²) in [6, 6.07) is 15.6. The zero-order chi connectivity index (χ0) is 20.5. The van der Waals surface area contributed by atoms with Gasteiger partial charge in [0.2, 0.25) is 17.6 Å². The van der Waals surface area contributed by atoms with Crippen LogP contribution in [-0.4, -0.2) is 36.0 Å². The summed E-state index contributed by atoms with van der Waals surface area (Å²) in [6.07, 6.45) is 0.439. The van der Waals surface area contributed by atoms with Gasteiger partial charge in [0.05, 0.1) is 20.8 Å². The fraction of sp³-hybridized carbons (Fsp3) is 0.286. The van der Waals surface area contributed by atoms with Crippen LogP contribution in [0.25, 0.3) is 11.4 Å². The highest BCUT2D eigenvalue weighted by atomic mass is 32.2. The van der Waals surface area contributed by atoms with E-state index in [0.29, 0.717) is 29.6 Å². The quantitative estimate of drug-likeness (QED) is 0.507. The van der Waals surface area contributed by atoms with Crippen molar-refractivity contribution in [2.75, 3.05) is 20.0 Å². The number of nitrogens with zero attached hydrogens (tertiary/aromatic N) is 2. The van der Waals surface area contributed by atoms with Gasteiger partial charge in [0.1, 0.15) is 0 Å². The molecule has 8 heteroatoms. The first-order valence-corrected chi connectivity index (χ1v) is 10.3. The minimum atomic E-state index is -0.0450. The fourth-order valence-electron chi connectivity index (χ4n) is 2.61. The zero-order valence-electron chi connectivity index (χ0n) is 16.4. The van der Waals surface area contributed by atoms with E-state index in [9.17, 15) is 4.79 Å². The highest BCUT2D eigenvalue weighted by molar-refractivity contribution is 7.98. The second kappa shape index (κ2) is 10.5. The molecule has 0 bridgehead atoms. The SMILES string of the molecule is COc1ccc(-c2noc(CNC(=O)CCSCc3ccccc3)n2)cc1OC. The maximum atomic E-state index is 12.0. The Morgan fingerprint density at radius 2 is 1.90 bits per heavy atom. The van der Waals surface area contributed by atoms with Gasteiger partial charge in [-0.2, -0.15) is 16.7 Å². The number of nitrogens with one attached hydrogen (secondary N) is 1. The van der Waals surface area contributed by atoms with Crippen molar-refractivity contribution in [3.8, 4) is 22.9 Å². The minimum absolute atomic E-state index is 0.0450. The Morgan fingerprint density at radius 3 is 2.66 bits per heavy atom. The van der Waals surface area contributed by atoms with Gasteiger partial charge in [-0.3, -0.25) is 4.79 Å². The summed E-state index contributed by atoms with van der Waals surface area (Å²) < 4.78 is 15.7. The second-order valence-corrected chi connectivity index (χ2v) is 7.25. The van der Waals surface area contributed by atoms with Crippen LogP contribution < -0.4 is 14.8 Å². The number of aromatic nitrogens is 2. The van der Waals surface area contributed by atoms with E-state index >= 15 is 0 Å². The van der Waals surface area contributed by atoms with Crippen LogP contribution in [0, 0.1) is 0 Å². The molecule has 0 unspecified atom stereocenters. The first kappa shape index (κ1) is 20.7. The maximum Gasteiger partial charge on any atom is 0.246 e. The van der Waals surface area contributed by atoms with Gasteiger partial charge in [-0.1, -0.05) is 35.5 Å². The van der Waals surface area contributed by atoms with Gasteiger partial charge in [0.15, 0.2) is 11.5 Å². The fourth-order valence-corrected chi connectivity index (χ4v) is 3.51. The monoisotopic (exact) mass is 413 g/mol. The maximum absolute atomic E-state index is 12.0. The Kier molecular flexibility index (Phi) is 7.52. The number of hydrogen-bond acceptors (Lipinski definition) is 7. The summed E-state index contributed by atoms with van der Waals surface area (Å²) in [6.45, 7) is 0.197. The summed E-state index contributed by atoms with van der Waals surface area (Å²) in [5, 5.41) is 6.78. The zero-order valence-corrected chi connectivity index (χ0v) is 17.2. The molecule has 0 radical (unpaired) electrons. The van der Waals surface area contributed by atoms with Crippen LogP contribution in [0.5, 0.6) is 11.5 Å². The standard InChI is InChI=1S/C21H23N3O4S/c1-26-17-9-8-16(12-18(17)27-2)21-23-20(28-24-21)13-22-19(25)10-11-29-14-15-6-4-3-5-7-15/h3-9,12H,10-11,13-14H2,1-2H3,(H,22,25). The highest BCUT2D eigenvalue weighted by Crippen LogP contribution is 2.31. The Bertz CT molecular complexity index is 931. The number of carbonyl (C=O) groups excluding carboxylic acids is 1. The predicted molar refractivity (Wildman–Crippen MR) is 112 cm³/mol. The molecule has 152 valence electrons. The van der Waals surface area contributed by atoms with Crippen molar-refractivity contribution in [3.05, 3.63) is 60.0 Å². The van der Waals surface area contributed by atoms with Crippen molar-refractivity contribution in [3.63, 3.8) is 0 Å². The molecule has 0 fully saturated rings. The van der Waals surface area contributed by atoms with Crippen molar-refractivity contribution < 1.29 is 18.8 Å². The topological polar surface area (TPSA) is 86.5 Å². The molecule has 2 aromatic carbocycles. The smallest absolute Gasteiger partial charge is 0.246 e. The average Bonchev–Trinajstić information content (AvgIpc) is 3.24. The summed E-state index contributed by atoms with van der Waals surface area (Å²) >= 11 is 1.73. The molecule has 0 atom stereocenters. The van der Waals surface area contributed by atoms with Crippen molar-refractivity contribution >= 4 is 17.7 Å². The molecule has 1 aromatic heterocycles. The van der Waals surface area contributed by atoms with Crippen LogP contribution >= 0.6 is 11.8 Å². The molecule has 1 heterocycles. The molecular weight excluding hydrogens is 390 g/mol. The van der Waals surface area contributed by atoms with Crippen molar-refractivity contribution in [2.45, 2.75) is 18.7 Å². The van der Waals surface area contributed by atoms with E-state index in [2.05, 4.69) is 27.6 Å². The van der Waals surface area contributed by atoms with Crippen molar-refractivity contribution in [1.82, 2.24) is 15.5 Å². The summed E-state index contributed by atoms with van der Waals surface area (Å²) in [4.78, 5) is 16.3. The van der Waals surface area contributed by atoms with E-state index < -0.39 is 0 Å². The van der Waals surface area contributed by atoms with Crippen LogP contribution in [0.3, 0.4) is 0 Å². The molecule has 0 aliphatic rings. The Hall–Kier alpha value is -3.00. The summed E-state index contributed by atoms with van der Waals surface area (Å²) in [5.41, 5.74) is 1.99. The van der Waals surface area contributed by atoms with Crippen molar-refractivity contribution in [2.24, 2.45) is 0 Å². The first-order valence-electron chi connectivity index (χ1n) is 9.13. The molecule has 0 aliphatic heterocycles. The van der Waals surface area contributed by atoms with Gasteiger partial charge in [-0.15, -0.1) is 0 Å². The van der Waals surface area contributed by atoms with Crippen molar-refractivity contribution in [1.29, 1.82) is 0 Å². The lowest BCUT2D eigenvalue weighted by atomic mass is 10.2. The van der Waals surface area contributed by atoms with E-state index in [1.807, 2.05) is 24.3 Å². The lowest BCUT2D eigenvalue weighted by molar-refractivity contribution is -0.120. The molecule has 3 rings (SSSR count). The largest absolute Gasteiger partial charge is 0.493 e. The predicted octanol–water partition coefficient (Wildman–Crippen LogP) is 3.69. The molecule has 3 aromatic rings. The van der Waals surface area contributed by atoms with Gasteiger partial charge in [-0.25, -0.2) is 0 Å². The molecule has 0 saturated heterocycles. The third-order valence-corrected chi connectivity index (χ3v) is 5.16. The lowest BCUT2D eigenvalue weighted by Gasteiger charge is -2.07. The molecular formula is C21H23N3O4S. The van der Waals surface area contributed by atoms with Crippen LogP contribution in [-0.2, 0) is 17.1 Å². The third kappa shape index (κ3) is 5.99. The number of amides is 1. The summed E-state index contributed by atoms with van der Waals surface area (Å²) in [5.74, 6) is 3.58. The van der Waals surface area contributed by atoms with E-state index in [4.69, 9.17) is 14.0 Å². The van der Waals surface area contributed by atoms with Crippen LogP contribution in [0.4, 0.5) is 0 Å². The number of benzene rings is 2. The third-order valence-electron chi connectivity index (χ3n) is 4.13. The number of ether oxygens (including phenoxy) is 2. The number of rotatable bonds is 10. The lowest BCUT2D eigenvalue weighted by Crippen LogP contribution is -2.23. The first-order chi connectivity index (χ1) is 14.2. The van der Waals surface area contributed by atoms with Gasteiger partial charge in [-0.05, 0) is 23.8 Å². The highest BCUT2D eigenvalue weighted by Gasteiger charge is 2.13. The molecule has 7 nitrogen and oxygen atoms in total. The van der Waals surface area contributed by atoms with E-state index in [1.165, 1.54) is 5.56 Å². The Labute approximate surface area is 173 Å². The number of hydrogen-bond donors (Lipinski definition) is 1. The van der Waals surface area contributed by atoms with Gasteiger partial charge >= 0.3 is 0 Å². The van der Waals surface area contributed by atoms with E-state index in [-0.39, 0.29) is 12.5 Å². The molecule has 29 heavy (non-hydrogen) atoms. The molecule has 1 N–H and O–H groups in total. The summed E-state index contributed by atoms with van der Waals surface area (Å²) in [7, 11) is 3.14. The number of carbonyl (C=O) groups is 1. The Balaban J connectivity index is 1.44. The minimum Gasteiger partial charge on any atom is -0.493 e. The number of thioether (sulfide) groups is 1. The van der Waals surface area contributed by atoms with Crippen LogP contribution in [0.15, 0.2) is 53.1 Å². The van der Waals surface area contributed by atoms with Crippen LogP contribution in [0.2, 0.25) is 0 Å². The molecule has 0 aliphatic carbocycles. The van der Waals surface area contributed by atoms with E-state index in [1.54, 1.807) is 38.1 Å². The van der Waals surface area contributed by atoms with Gasteiger partial charge < -0.3 is 19.3 Å². The normalized spacial score (nSPS) is 10.6. The Morgan fingerprint density at radius 1 is 1.10 bits per heavy atom. The average molecular weight is 413 g/mol. The van der Waals surface area contributed by atoms with Gasteiger partial charge in [0.25, 0.3) is 0 Å². The second-order valence-electron chi connectivity index (χ2n) is 6.15. The van der Waals surface area contributed by atoms with Crippen LogP contribution in [0.1, 0.15) is 17.9 Å². The molecule has 0 saturated carbocycles. The van der Waals surface area contributed by atoms with E-state index in [0.717, 1.165) is 17.1 Å². The van der Waals surface area contributed by atoms with Gasteiger partial charge in [0, 0.05) is 23.5 Å². The molecule has 1 amide bonds. The number of methoxy groups -OCH3 is 2.